The second-order valence-electron chi connectivity index (χ2n) is 4.22. The lowest BCUT2D eigenvalue weighted by molar-refractivity contribution is -0.142. The van der Waals surface area contributed by atoms with Crippen molar-refractivity contribution in [2.24, 2.45) is 0 Å². The summed E-state index contributed by atoms with van der Waals surface area (Å²) < 4.78 is 23.2. The van der Waals surface area contributed by atoms with E-state index in [0.29, 0.717) is 11.3 Å². The summed E-state index contributed by atoms with van der Waals surface area (Å²) in [5, 5.41) is 3.25. The Morgan fingerprint density at radius 3 is 2.84 bits per heavy atom. The molecule has 0 bridgehead atoms. The molecule has 0 aromatic heterocycles. The molecule has 1 aromatic rings. The van der Waals surface area contributed by atoms with Crippen LogP contribution >= 0.6 is 0 Å². The lowest BCUT2D eigenvalue weighted by Crippen LogP contribution is -2.21. The van der Waals surface area contributed by atoms with E-state index in [9.17, 15) is 9.18 Å². The largest absolute Gasteiger partial charge is 0.482 e. The highest BCUT2D eigenvalue weighted by molar-refractivity contribution is 5.70. The van der Waals surface area contributed by atoms with Crippen molar-refractivity contribution in [3.8, 4) is 5.75 Å². The van der Waals surface area contributed by atoms with Gasteiger partial charge in [-0.1, -0.05) is 6.92 Å². The van der Waals surface area contributed by atoms with Gasteiger partial charge >= 0.3 is 5.97 Å². The van der Waals surface area contributed by atoms with Crippen LogP contribution in [0.5, 0.6) is 5.75 Å². The number of rotatable bonds is 7. The number of carbonyl (C=O) groups excluding carboxylic acids is 1. The van der Waals surface area contributed by atoms with Gasteiger partial charge in [-0.15, -0.1) is 0 Å². The van der Waals surface area contributed by atoms with Crippen molar-refractivity contribution in [3.05, 3.63) is 29.6 Å². The van der Waals surface area contributed by atoms with Gasteiger partial charge in [0.15, 0.2) is 6.61 Å². The number of methoxy groups -OCH3 is 1. The number of carbonyl (C=O) groups is 1. The van der Waals surface area contributed by atoms with Crippen molar-refractivity contribution in [3.63, 3.8) is 0 Å². The Hall–Kier alpha value is -1.62. The molecule has 0 fully saturated rings. The lowest BCUT2D eigenvalue weighted by Gasteiger charge is -2.18. The van der Waals surface area contributed by atoms with Gasteiger partial charge in [0.05, 0.1) is 7.11 Å². The van der Waals surface area contributed by atoms with Crippen molar-refractivity contribution in [1.82, 2.24) is 5.32 Å². The summed E-state index contributed by atoms with van der Waals surface area (Å²) in [5.41, 5.74) is 0.692. The van der Waals surface area contributed by atoms with Crippen molar-refractivity contribution in [1.29, 1.82) is 0 Å². The second-order valence-corrected chi connectivity index (χ2v) is 4.22. The van der Waals surface area contributed by atoms with E-state index in [2.05, 4.69) is 17.0 Å². The van der Waals surface area contributed by atoms with Crippen LogP contribution in [0, 0.1) is 5.82 Å². The number of hydrogen-bond donors (Lipinski definition) is 1. The van der Waals surface area contributed by atoms with E-state index >= 15 is 0 Å². The highest BCUT2D eigenvalue weighted by atomic mass is 19.1. The van der Waals surface area contributed by atoms with Crippen LogP contribution in [0.25, 0.3) is 0 Å². The van der Waals surface area contributed by atoms with Crippen LogP contribution < -0.4 is 10.1 Å². The van der Waals surface area contributed by atoms with Gasteiger partial charge in [-0.3, -0.25) is 0 Å². The van der Waals surface area contributed by atoms with Crippen molar-refractivity contribution >= 4 is 5.97 Å². The Balaban J connectivity index is 2.81. The third kappa shape index (κ3) is 4.87. The Kier molecular flexibility index (Phi) is 6.29. The van der Waals surface area contributed by atoms with E-state index in [4.69, 9.17) is 4.74 Å². The zero-order chi connectivity index (χ0) is 14.3. The third-order valence-corrected chi connectivity index (χ3v) is 2.71. The standard InChI is InChI=1S/C14H20FNO3/c1-4-7-16-10(2)12-8-11(15)5-6-13(12)19-9-14(17)18-3/h5-6,8,10,16H,4,7,9H2,1-3H3. The second kappa shape index (κ2) is 7.74. The predicted octanol–water partition coefficient (Wildman–Crippen LogP) is 2.44. The van der Waals surface area contributed by atoms with Gasteiger partial charge in [0.2, 0.25) is 0 Å². The molecule has 1 atom stereocenters. The molecular formula is C14H20FNO3. The number of ether oxygens (including phenoxy) is 2. The molecule has 19 heavy (non-hydrogen) atoms. The molecule has 1 rings (SSSR count). The van der Waals surface area contributed by atoms with Crippen molar-refractivity contribution in [2.75, 3.05) is 20.3 Å². The van der Waals surface area contributed by atoms with E-state index in [1.54, 1.807) is 0 Å². The van der Waals surface area contributed by atoms with E-state index in [1.807, 2.05) is 6.92 Å². The van der Waals surface area contributed by atoms with Gasteiger partial charge in [-0.25, -0.2) is 9.18 Å². The fourth-order valence-corrected chi connectivity index (χ4v) is 1.66. The van der Waals surface area contributed by atoms with Gasteiger partial charge in [0, 0.05) is 11.6 Å². The number of nitrogens with one attached hydrogen (secondary N) is 1. The van der Waals surface area contributed by atoms with Crippen LogP contribution in [0.1, 0.15) is 31.9 Å². The molecule has 0 aliphatic rings. The SMILES string of the molecule is CCCNC(C)c1cc(F)ccc1OCC(=O)OC. The highest BCUT2D eigenvalue weighted by Gasteiger charge is 2.13. The molecule has 5 heteroatoms. The monoisotopic (exact) mass is 269 g/mol. The molecule has 0 spiro atoms. The molecule has 0 heterocycles. The molecule has 1 aromatic carbocycles. The maximum absolute atomic E-state index is 13.3. The smallest absolute Gasteiger partial charge is 0.343 e. The van der Waals surface area contributed by atoms with Gasteiger partial charge in [-0.2, -0.15) is 0 Å². The maximum Gasteiger partial charge on any atom is 0.343 e. The van der Waals surface area contributed by atoms with E-state index in [0.717, 1.165) is 13.0 Å². The van der Waals surface area contributed by atoms with Crippen molar-refractivity contribution < 1.29 is 18.7 Å². The molecule has 0 amide bonds. The minimum absolute atomic E-state index is 0.0525. The number of halogens is 1. The first-order chi connectivity index (χ1) is 9.08. The molecule has 1 unspecified atom stereocenters. The summed E-state index contributed by atoms with van der Waals surface area (Å²) in [4.78, 5) is 11.1. The van der Waals surface area contributed by atoms with Crippen LogP contribution in [-0.4, -0.2) is 26.2 Å². The van der Waals surface area contributed by atoms with Crippen LogP contribution in [0.3, 0.4) is 0 Å². The average Bonchev–Trinajstić information content (AvgIpc) is 2.42. The summed E-state index contributed by atoms with van der Waals surface area (Å²) in [6, 6.07) is 4.20. The summed E-state index contributed by atoms with van der Waals surface area (Å²) >= 11 is 0. The quantitative estimate of drug-likeness (QED) is 0.772. The van der Waals surface area contributed by atoms with E-state index in [-0.39, 0.29) is 18.5 Å². The molecule has 0 aliphatic carbocycles. The van der Waals surface area contributed by atoms with Crippen molar-refractivity contribution in [2.45, 2.75) is 26.3 Å². The van der Waals surface area contributed by atoms with E-state index in [1.165, 1.54) is 25.3 Å². The molecule has 0 aliphatic heterocycles. The zero-order valence-electron chi connectivity index (χ0n) is 11.5. The Labute approximate surface area is 112 Å². The molecule has 1 N–H and O–H groups in total. The number of esters is 1. The first kappa shape index (κ1) is 15.4. The summed E-state index contributed by atoms with van der Waals surface area (Å²) in [5.74, 6) is -0.307. The van der Waals surface area contributed by atoms with Crippen LogP contribution in [0.15, 0.2) is 18.2 Å². The summed E-state index contributed by atoms with van der Waals surface area (Å²) in [7, 11) is 1.29. The first-order valence-corrected chi connectivity index (χ1v) is 6.31. The molecule has 0 radical (unpaired) electrons. The summed E-state index contributed by atoms with van der Waals surface area (Å²) in [6.07, 6.45) is 0.984. The molecule has 106 valence electrons. The Morgan fingerprint density at radius 1 is 1.47 bits per heavy atom. The third-order valence-electron chi connectivity index (χ3n) is 2.71. The van der Waals surface area contributed by atoms with Crippen LogP contribution in [-0.2, 0) is 9.53 Å². The average molecular weight is 269 g/mol. The first-order valence-electron chi connectivity index (χ1n) is 6.31. The van der Waals surface area contributed by atoms with Gasteiger partial charge in [0.1, 0.15) is 11.6 Å². The number of benzene rings is 1. The van der Waals surface area contributed by atoms with Crippen LogP contribution in [0.2, 0.25) is 0 Å². The molecule has 4 nitrogen and oxygen atoms in total. The fourth-order valence-electron chi connectivity index (χ4n) is 1.66. The number of hydrogen-bond acceptors (Lipinski definition) is 4. The van der Waals surface area contributed by atoms with Gasteiger partial charge in [-0.05, 0) is 38.1 Å². The normalized spacial score (nSPS) is 12.0. The highest BCUT2D eigenvalue weighted by Crippen LogP contribution is 2.26. The summed E-state index contributed by atoms with van der Waals surface area (Å²) in [6.45, 7) is 4.62. The van der Waals surface area contributed by atoms with Crippen LogP contribution in [0.4, 0.5) is 4.39 Å². The Bertz CT molecular complexity index is 423. The fraction of sp³-hybridized carbons (Fsp3) is 0.500. The Morgan fingerprint density at radius 2 is 2.21 bits per heavy atom. The maximum atomic E-state index is 13.3. The molecule has 0 saturated carbocycles. The minimum atomic E-state index is -0.468. The van der Waals surface area contributed by atoms with E-state index < -0.39 is 5.97 Å². The lowest BCUT2D eigenvalue weighted by atomic mass is 10.1. The minimum Gasteiger partial charge on any atom is -0.482 e. The van der Waals surface area contributed by atoms with Gasteiger partial charge < -0.3 is 14.8 Å². The topological polar surface area (TPSA) is 47.6 Å². The van der Waals surface area contributed by atoms with Gasteiger partial charge in [0.25, 0.3) is 0 Å². The zero-order valence-corrected chi connectivity index (χ0v) is 11.5. The molecule has 0 saturated heterocycles. The predicted molar refractivity (Wildman–Crippen MR) is 70.6 cm³/mol. The molecular weight excluding hydrogens is 249 g/mol.